The summed E-state index contributed by atoms with van der Waals surface area (Å²) in [6.45, 7) is 0.470. The van der Waals surface area contributed by atoms with Gasteiger partial charge in [0.15, 0.2) is 0 Å². The summed E-state index contributed by atoms with van der Waals surface area (Å²) in [6, 6.07) is 15.9. The average molecular weight is 372 g/mol. The maximum Gasteiger partial charge on any atom is 0.239 e. The van der Waals surface area contributed by atoms with Crippen molar-refractivity contribution in [1.82, 2.24) is 10.0 Å². The molecule has 0 radical (unpaired) electrons. The molecule has 7 nitrogen and oxygen atoms in total. The highest BCUT2D eigenvalue weighted by Crippen LogP contribution is 2.09. The number of carbonyl (C=O) groups excluding carboxylic acids is 1. The lowest BCUT2D eigenvalue weighted by atomic mass is 10.1. The molecule has 0 aliphatic heterocycles. The quantitative estimate of drug-likeness (QED) is 0.647. The summed E-state index contributed by atoms with van der Waals surface area (Å²) in [7, 11) is -1.92. The van der Waals surface area contributed by atoms with Gasteiger partial charge in [-0.2, -0.15) is 5.26 Å². The van der Waals surface area contributed by atoms with Gasteiger partial charge in [0, 0.05) is 12.2 Å². The van der Waals surface area contributed by atoms with Crippen LogP contribution in [0.25, 0.3) is 0 Å². The lowest BCUT2D eigenvalue weighted by Crippen LogP contribution is -2.29. The summed E-state index contributed by atoms with van der Waals surface area (Å²) in [5.74, 6) is -0.249. The molecule has 3 N–H and O–H groups in total. The van der Waals surface area contributed by atoms with Gasteiger partial charge in [-0.3, -0.25) is 4.79 Å². The first-order chi connectivity index (χ1) is 12.4. The van der Waals surface area contributed by atoms with Gasteiger partial charge in [-0.1, -0.05) is 24.3 Å². The van der Waals surface area contributed by atoms with Crippen LogP contribution in [0.2, 0.25) is 0 Å². The average Bonchev–Trinajstić information content (AvgIpc) is 2.66. The maximum atomic E-state index is 11.9. The minimum Gasteiger partial charge on any atom is -0.376 e. The molecule has 0 aromatic heterocycles. The topological polar surface area (TPSA) is 111 Å². The van der Waals surface area contributed by atoms with Crippen LogP contribution < -0.4 is 15.4 Å². The summed E-state index contributed by atoms with van der Waals surface area (Å²) < 4.78 is 25.3. The molecule has 0 unspecified atom stereocenters. The zero-order chi connectivity index (χ0) is 19.0. The molecular weight excluding hydrogens is 352 g/mol. The molecule has 2 aromatic rings. The molecule has 0 heterocycles. The highest BCUT2D eigenvalue weighted by Gasteiger charge is 2.08. The summed E-state index contributed by atoms with van der Waals surface area (Å²) >= 11 is 0. The molecule has 0 spiro atoms. The first-order valence-corrected chi connectivity index (χ1v) is 9.57. The third kappa shape index (κ3) is 6.20. The number of anilines is 1. The first-order valence-electron chi connectivity index (χ1n) is 7.91. The number of carbonyl (C=O) groups is 1. The Balaban J connectivity index is 1.78. The van der Waals surface area contributed by atoms with Crippen LogP contribution in [0.15, 0.2) is 48.5 Å². The van der Waals surface area contributed by atoms with Crippen LogP contribution in [0.1, 0.15) is 16.7 Å². The monoisotopic (exact) mass is 372 g/mol. The van der Waals surface area contributed by atoms with Gasteiger partial charge in [-0.05, 0) is 42.4 Å². The predicted molar refractivity (Wildman–Crippen MR) is 99.6 cm³/mol. The third-order valence-corrected chi connectivity index (χ3v) is 4.98. The number of amides is 1. The fraction of sp³-hybridized carbons (Fsp3) is 0.222. The van der Waals surface area contributed by atoms with E-state index < -0.39 is 10.0 Å². The number of hydrogen-bond donors (Lipinski definition) is 3. The smallest absolute Gasteiger partial charge is 0.239 e. The van der Waals surface area contributed by atoms with Gasteiger partial charge >= 0.3 is 0 Å². The van der Waals surface area contributed by atoms with Crippen molar-refractivity contribution in [2.75, 3.05) is 18.9 Å². The molecule has 0 bridgehead atoms. The maximum absolute atomic E-state index is 11.9. The number of benzene rings is 2. The molecule has 0 saturated heterocycles. The van der Waals surface area contributed by atoms with Crippen molar-refractivity contribution in [3.63, 3.8) is 0 Å². The van der Waals surface area contributed by atoms with E-state index in [1.54, 1.807) is 48.5 Å². The van der Waals surface area contributed by atoms with Crippen LogP contribution in [0, 0.1) is 11.3 Å². The fourth-order valence-electron chi connectivity index (χ4n) is 2.15. The molecule has 2 rings (SSSR count). The van der Waals surface area contributed by atoms with Gasteiger partial charge in [-0.25, -0.2) is 13.1 Å². The highest BCUT2D eigenvalue weighted by molar-refractivity contribution is 7.88. The lowest BCUT2D eigenvalue weighted by Gasteiger charge is -2.09. The SMILES string of the molecule is CNS(=O)(=O)Cc1ccc(CNC(=O)CNc2ccc(C#N)cc2)cc1. The van der Waals surface area contributed by atoms with Gasteiger partial charge in [0.1, 0.15) is 0 Å². The van der Waals surface area contributed by atoms with Crippen LogP contribution >= 0.6 is 0 Å². The van der Waals surface area contributed by atoms with E-state index in [0.29, 0.717) is 17.7 Å². The molecular formula is C18H20N4O3S. The molecule has 1 amide bonds. The van der Waals surface area contributed by atoms with Crippen molar-refractivity contribution in [1.29, 1.82) is 5.26 Å². The van der Waals surface area contributed by atoms with Crippen molar-refractivity contribution >= 4 is 21.6 Å². The lowest BCUT2D eigenvalue weighted by molar-refractivity contribution is -0.119. The summed E-state index contributed by atoms with van der Waals surface area (Å²) in [5.41, 5.74) is 2.87. The Bertz CT molecular complexity index is 886. The third-order valence-electron chi connectivity index (χ3n) is 3.65. The van der Waals surface area contributed by atoms with E-state index in [1.165, 1.54) is 7.05 Å². The van der Waals surface area contributed by atoms with Gasteiger partial charge in [0.2, 0.25) is 15.9 Å². The van der Waals surface area contributed by atoms with Crippen molar-refractivity contribution in [2.24, 2.45) is 0 Å². The minimum atomic E-state index is -3.30. The van der Waals surface area contributed by atoms with E-state index in [1.807, 2.05) is 6.07 Å². The van der Waals surface area contributed by atoms with Crippen LogP contribution in [-0.4, -0.2) is 27.9 Å². The summed E-state index contributed by atoms with van der Waals surface area (Å²) in [5, 5.41) is 14.5. The molecule has 136 valence electrons. The fourth-order valence-corrected chi connectivity index (χ4v) is 2.93. The largest absolute Gasteiger partial charge is 0.376 e. The molecule has 0 atom stereocenters. The zero-order valence-electron chi connectivity index (χ0n) is 14.3. The Labute approximate surface area is 153 Å². The highest BCUT2D eigenvalue weighted by atomic mass is 32.2. The molecule has 0 aliphatic carbocycles. The number of nitrogens with zero attached hydrogens (tertiary/aromatic N) is 1. The van der Waals surface area contributed by atoms with Crippen LogP contribution in [-0.2, 0) is 27.1 Å². The van der Waals surface area contributed by atoms with Crippen molar-refractivity contribution in [2.45, 2.75) is 12.3 Å². The Kier molecular flexibility index (Phi) is 6.72. The summed E-state index contributed by atoms with van der Waals surface area (Å²) in [4.78, 5) is 11.9. The van der Waals surface area contributed by atoms with Crippen LogP contribution in [0.3, 0.4) is 0 Å². The molecule has 8 heteroatoms. The molecule has 0 aliphatic rings. The van der Waals surface area contributed by atoms with Gasteiger partial charge in [0.25, 0.3) is 0 Å². The number of rotatable bonds is 8. The molecule has 26 heavy (non-hydrogen) atoms. The standard InChI is InChI=1S/C18H20N4O3S/c1-20-26(24,25)13-16-4-2-15(3-5-16)11-22-18(23)12-21-17-8-6-14(10-19)7-9-17/h2-9,20-21H,11-13H2,1H3,(H,22,23). The Hall–Kier alpha value is -2.89. The number of nitrogens with one attached hydrogen (secondary N) is 3. The first kappa shape index (κ1) is 19.4. The molecule has 2 aromatic carbocycles. The van der Waals surface area contributed by atoms with E-state index in [0.717, 1.165) is 11.3 Å². The van der Waals surface area contributed by atoms with Gasteiger partial charge < -0.3 is 10.6 Å². The van der Waals surface area contributed by atoms with Gasteiger partial charge in [-0.15, -0.1) is 0 Å². The van der Waals surface area contributed by atoms with E-state index >= 15 is 0 Å². The van der Waals surface area contributed by atoms with E-state index in [2.05, 4.69) is 15.4 Å². The van der Waals surface area contributed by atoms with E-state index in [9.17, 15) is 13.2 Å². The number of sulfonamides is 1. The number of nitriles is 1. The Morgan fingerprint density at radius 1 is 1.04 bits per heavy atom. The van der Waals surface area contributed by atoms with Crippen LogP contribution in [0.4, 0.5) is 5.69 Å². The second-order valence-electron chi connectivity index (χ2n) is 5.60. The second-order valence-corrected chi connectivity index (χ2v) is 7.53. The molecule has 0 saturated carbocycles. The van der Waals surface area contributed by atoms with Crippen LogP contribution in [0.5, 0.6) is 0 Å². The predicted octanol–water partition coefficient (Wildman–Crippen LogP) is 1.34. The molecule has 0 fully saturated rings. The minimum absolute atomic E-state index is 0.0787. The van der Waals surface area contributed by atoms with Crippen molar-refractivity contribution in [3.05, 3.63) is 65.2 Å². The summed E-state index contributed by atoms with van der Waals surface area (Å²) in [6.07, 6.45) is 0. The number of hydrogen-bond acceptors (Lipinski definition) is 5. The zero-order valence-corrected chi connectivity index (χ0v) is 15.1. The van der Waals surface area contributed by atoms with Gasteiger partial charge in [0.05, 0.1) is 23.9 Å². The van der Waals surface area contributed by atoms with Crippen molar-refractivity contribution in [3.8, 4) is 6.07 Å². The van der Waals surface area contributed by atoms with E-state index in [-0.39, 0.29) is 18.2 Å². The van der Waals surface area contributed by atoms with Crippen molar-refractivity contribution < 1.29 is 13.2 Å². The Morgan fingerprint density at radius 3 is 2.23 bits per heavy atom. The normalized spacial score (nSPS) is 10.8. The second kappa shape index (κ2) is 8.99. The Morgan fingerprint density at radius 2 is 1.65 bits per heavy atom. The van der Waals surface area contributed by atoms with E-state index in [4.69, 9.17) is 5.26 Å².